The Morgan fingerprint density at radius 3 is 2.78 bits per heavy atom. The van der Waals surface area contributed by atoms with Crippen LogP contribution in [-0.4, -0.2) is 50.9 Å². The molecule has 0 spiro atoms. The van der Waals surface area contributed by atoms with Crippen molar-refractivity contribution in [2.75, 3.05) is 40.0 Å². The highest BCUT2D eigenvalue weighted by atomic mass is 127. The van der Waals surface area contributed by atoms with Crippen LogP contribution < -0.4 is 10.6 Å². The molecule has 1 fully saturated rings. The van der Waals surface area contributed by atoms with E-state index in [1.165, 1.54) is 6.07 Å². The van der Waals surface area contributed by atoms with E-state index in [1.54, 1.807) is 25.2 Å². The summed E-state index contributed by atoms with van der Waals surface area (Å²) in [4.78, 5) is 14.8. The maximum atomic E-state index is 11.0. The standard InChI is InChI=1S/C18H28N4O4.HI/c1-19-18(21-13-16-5-2-3-6-17(16)22(23)24)20-9-4-10-26-14-15-7-11-25-12-8-15;/h2-3,5-6,15H,4,7-14H2,1H3,(H2,19,20,21);1H. The molecule has 0 atom stereocenters. The number of halogens is 1. The highest BCUT2D eigenvalue weighted by Crippen LogP contribution is 2.17. The van der Waals surface area contributed by atoms with Gasteiger partial charge in [-0.05, 0) is 25.2 Å². The Balaban J connectivity index is 0.00000364. The summed E-state index contributed by atoms with van der Waals surface area (Å²) in [5.74, 6) is 1.24. The molecule has 1 aromatic carbocycles. The van der Waals surface area contributed by atoms with Gasteiger partial charge in [-0.3, -0.25) is 15.1 Å². The molecule has 9 heteroatoms. The van der Waals surface area contributed by atoms with Gasteiger partial charge in [0, 0.05) is 58.2 Å². The van der Waals surface area contributed by atoms with E-state index in [2.05, 4.69) is 15.6 Å². The Labute approximate surface area is 177 Å². The number of rotatable bonds is 9. The molecule has 2 N–H and O–H groups in total. The Kier molecular flexibility index (Phi) is 11.9. The Morgan fingerprint density at radius 2 is 2.07 bits per heavy atom. The zero-order chi connectivity index (χ0) is 18.6. The number of benzene rings is 1. The van der Waals surface area contributed by atoms with Crippen LogP contribution in [0, 0.1) is 16.0 Å². The van der Waals surface area contributed by atoms with Crippen molar-refractivity contribution >= 4 is 35.6 Å². The van der Waals surface area contributed by atoms with Gasteiger partial charge in [-0.1, -0.05) is 18.2 Å². The van der Waals surface area contributed by atoms with E-state index in [0.29, 0.717) is 30.6 Å². The van der Waals surface area contributed by atoms with Crippen LogP contribution >= 0.6 is 24.0 Å². The molecule has 1 aliphatic heterocycles. The summed E-state index contributed by atoms with van der Waals surface area (Å²) in [5, 5.41) is 17.3. The molecule has 1 aliphatic rings. The van der Waals surface area contributed by atoms with Gasteiger partial charge in [0.25, 0.3) is 5.69 Å². The number of guanidine groups is 1. The molecule has 1 heterocycles. The lowest BCUT2D eigenvalue weighted by Gasteiger charge is -2.21. The normalized spacial score (nSPS) is 15.1. The molecule has 0 radical (unpaired) electrons. The number of nitro benzene ring substituents is 1. The van der Waals surface area contributed by atoms with E-state index in [0.717, 1.165) is 45.6 Å². The highest BCUT2D eigenvalue weighted by Gasteiger charge is 2.14. The lowest BCUT2D eigenvalue weighted by molar-refractivity contribution is -0.385. The van der Waals surface area contributed by atoms with Gasteiger partial charge in [0.1, 0.15) is 0 Å². The van der Waals surface area contributed by atoms with Crippen LogP contribution in [0.4, 0.5) is 5.69 Å². The average molecular weight is 492 g/mol. The first-order valence-corrected chi connectivity index (χ1v) is 9.03. The van der Waals surface area contributed by atoms with E-state index >= 15 is 0 Å². The quantitative estimate of drug-likeness (QED) is 0.137. The average Bonchev–Trinajstić information content (AvgIpc) is 2.67. The van der Waals surface area contributed by atoms with Gasteiger partial charge in [-0.15, -0.1) is 24.0 Å². The molecule has 1 aromatic rings. The van der Waals surface area contributed by atoms with E-state index < -0.39 is 0 Å². The lowest BCUT2D eigenvalue weighted by Crippen LogP contribution is -2.37. The molecule has 0 amide bonds. The van der Waals surface area contributed by atoms with Crippen molar-refractivity contribution in [2.24, 2.45) is 10.9 Å². The number of para-hydroxylation sites is 1. The summed E-state index contributed by atoms with van der Waals surface area (Å²) in [5.41, 5.74) is 0.734. The molecule has 1 saturated heterocycles. The van der Waals surface area contributed by atoms with Crippen LogP contribution in [0.2, 0.25) is 0 Å². The Hall–Kier alpha value is -1.46. The predicted octanol–water partition coefficient (Wildman–Crippen LogP) is 2.71. The van der Waals surface area contributed by atoms with Gasteiger partial charge >= 0.3 is 0 Å². The molecule has 0 unspecified atom stereocenters. The van der Waals surface area contributed by atoms with Crippen molar-refractivity contribution in [1.82, 2.24) is 10.6 Å². The van der Waals surface area contributed by atoms with Crippen LogP contribution in [0.25, 0.3) is 0 Å². The van der Waals surface area contributed by atoms with Crippen molar-refractivity contribution in [1.29, 1.82) is 0 Å². The zero-order valence-electron chi connectivity index (χ0n) is 15.7. The summed E-state index contributed by atoms with van der Waals surface area (Å²) >= 11 is 0. The van der Waals surface area contributed by atoms with E-state index in [1.807, 2.05) is 0 Å². The maximum Gasteiger partial charge on any atom is 0.274 e. The number of nitro groups is 1. The summed E-state index contributed by atoms with van der Waals surface area (Å²) in [6.07, 6.45) is 3.04. The van der Waals surface area contributed by atoms with Gasteiger partial charge in [0.05, 0.1) is 4.92 Å². The van der Waals surface area contributed by atoms with Gasteiger partial charge in [-0.25, -0.2) is 0 Å². The fraction of sp³-hybridized carbons (Fsp3) is 0.611. The number of aliphatic imine (C=N–C) groups is 1. The molecule has 27 heavy (non-hydrogen) atoms. The summed E-state index contributed by atoms with van der Waals surface area (Å²) in [7, 11) is 1.68. The first kappa shape index (κ1) is 23.6. The first-order chi connectivity index (χ1) is 12.7. The fourth-order valence-corrected chi connectivity index (χ4v) is 2.78. The summed E-state index contributed by atoms with van der Waals surface area (Å²) < 4.78 is 11.1. The molecular weight excluding hydrogens is 463 g/mol. The largest absolute Gasteiger partial charge is 0.381 e. The fourth-order valence-electron chi connectivity index (χ4n) is 2.78. The van der Waals surface area contributed by atoms with E-state index in [4.69, 9.17) is 9.47 Å². The smallest absolute Gasteiger partial charge is 0.274 e. The second-order valence-electron chi connectivity index (χ2n) is 6.22. The monoisotopic (exact) mass is 492 g/mol. The summed E-state index contributed by atoms with van der Waals surface area (Å²) in [6.45, 7) is 4.26. The number of ether oxygens (including phenoxy) is 2. The van der Waals surface area contributed by atoms with Gasteiger partial charge in [0.2, 0.25) is 0 Å². The maximum absolute atomic E-state index is 11.0. The third-order valence-electron chi connectivity index (χ3n) is 4.31. The molecular formula is C18H29IN4O4. The molecule has 152 valence electrons. The Morgan fingerprint density at radius 1 is 1.33 bits per heavy atom. The predicted molar refractivity (Wildman–Crippen MR) is 116 cm³/mol. The number of hydrogen-bond acceptors (Lipinski definition) is 5. The number of nitrogens with zero attached hydrogens (tertiary/aromatic N) is 2. The van der Waals surface area contributed by atoms with E-state index in [9.17, 15) is 10.1 Å². The third-order valence-corrected chi connectivity index (χ3v) is 4.31. The second-order valence-corrected chi connectivity index (χ2v) is 6.22. The van der Waals surface area contributed by atoms with Crippen LogP contribution in [0.5, 0.6) is 0 Å². The van der Waals surface area contributed by atoms with Crippen LogP contribution in [0.1, 0.15) is 24.8 Å². The Bertz CT molecular complexity index is 594. The topological polar surface area (TPSA) is 98.0 Å². The minimum Gasteiger partial charge on any atom is -0.381 e. The van der Waals surface area contributed by atoms with Crippen molar-refractivity contribution in [2.45, 2.75) is 25.8 Å². The third kappa shape index (κ3) is 8.85. The van der Waals surface area contributed by atoms with Crippen LogP contribution in [0.3, 0.4) is 0 Å². The SMILES string of the molecule is CN=C(NCCCOCC1CCOCC1)NCc1ccccc1[N+](=O)[O-].I. The molecule has 0 aliphatic carbocycles. The van der Waals surface area contributed by atoms with Crippen LogP contribution in [0.15, 0.2) is 29.3 Å². The lowest BCUT2D eigenvalue weighted by atomic mass is 10.0. The minimum atomic E-state index is -0.372. The molecule has 8 nitrogen and oxygen atoms in total. The number of nitrogens with one attached hydrogen (secondary N) is 2. The molecule has 0 saturated carbocycles. The molecule has 2 rings (SSSR count). The van der Waals surface area contributed by atoms with Gasteiger partial charge in [0.15, 0.2) is 5.96 Å². The van der Waals surface area contributed by atoms with Crippen LogP contribution in [-0.2, 0) is 16.0 Å². The highest BCUT2D eigenvalue weighted by molar-refractivity contribution is 14.0. The first-order valence-electron chi connectivity index (χ1n) is 9.03. The van der Waals surface area contributed by atoms with Gasteiger partial charge < -0.3 is 20.1 Å². The van der Waals surface area contributed by atoms with Crippen molar-refractivity contribution in [3.63, 3.8) is 0 Å². The van der Waals surface area contributed by atoms with Crippen molar-refractivity contribution in [3.05, 3.63) is 39.9 Å². The van der Waals surface area contributed by atoms with Crippen molar-refractivity contribution in [3.8, 4) is 0 Å². The molecule has 0 aromatic heterocycles. The minimum absolute atomic E-state index is 0. The second kappa shape index (κ2) is 13.7. The van der Waals surface area contributed by atoms with E-state index in [-0.39, 0.29) is 34.6 Å². The molecule has 0 bridgehead atoms. The number of hydrogen-bond donors (Lipinski definition) is 2. The van der Waals surface area contributed by atoms with Crippen molar-refractivity contribution < 1.29 is 14.4 Å². The summed E-state index contributed by atoms with van der Waals surface area (Å²) in [6, 6.07) is 6.69. The zero-order valence-corrected chi connectivity index (χ0v) is 18.0. The van der Waals surface area contributed by atoms with Gasteiger partial charge in [-0.2, -0.15) is 0 Å².